The number of nitrogens with one attached hydrogen (secondary N) is 1. The number of hydrogen-bond acceptors (Lipinski definition) is 3. The minimum Gasteiger partial charge on any atom is -0.460 e. The molecular weight excluding hydrogens is 275 g/mol. The maximum absolute atomic E-state index is 11.8. The molecule has 1 N–H and O–H groups in total. The molecule has 0 unspecified atom stereocenters. The Balaban J connectivity index is 3.62. The standard InChI is InChI=1S/C13H22F3NO3/c1-12(2,3)20-11(19)7-6-10(18)17-9-5-4-8-13(14,15)16/h4-9H2,1-3H3,(H,17,18). The van der Waals surface area contributed by atoms with Crippen molar-refractivity contribution < 1.29 is 27.5 Å². The van der Waals surface area contributed by atoms with Gasteiger partial charge in [0.15, 0.2) is 0 Å². The predicted molar refractivity (Wildman–Crippen MR) is 68.0 cm³/mol. The van der Waals surface area contributed by atoms with Crippen molar-refractivity contribution in [3.63, 3.8) is 0 Å². The van der Waals surface area contributed by atoms with Crippen molar-refractivity contribution in [2.45, 2.75) is 64.7 Å². The molecule has 0 aliphatic heterocycles. The highest BCUT2D eigenvalue weighted by atomic mass is 19.4. The molecule has 0 radical (unpaired) electrons. The molecule has 7 heteroatoms. The molecule has 0 aromatic carbocycles. The van der Waals surface area contributed by atoms with Gasteiger partial charge in [0, 0.05) is 19.4 Å². The van der Waals surface area contributed by atoms with Crippen molar-refractivity contribution in [1.29, 1.82) is 0 Å². The second kappa shape index (κ2) is 8.11. The summed E-state index contributed by atoms with van der Waals surface area (Å²) < 4.78 is 40.6. The highest BCUT2D eigenvalue weighted by Gasteiger charge is 2.25. The van der Waals surface area contributed by atoms with Crippen molar-refractivity contribution in [2.75, 3.05) is 6.54 Å². The van der Waals surface area contributed by atoms with Crippen LogP contribution in [-0.2, 0) is 14.3 Å². The van der Waals surface area contributed by atoms with Gasteiger partial charge in [-0.1, -0.05) is 0 Å². The zero-order valence-electron chi connectivity index (χ0n) is 12.1. The van der Waals surface area contributed by atoms with Crippen molar-refractivity contribution in [3.8, 4) is 0 Å². The number of carbonyl (C=O) groups excluding carboxylic acids is 2. The van der Waals surface area contributed by atoms with E-state index in [-0.39, 0.29) is 38.1 Å². The first kappa shape index (κ1) is 18.7. The Morgan fingerprint density at radius 3 is 2.15 bits per heavy atom. The molecular formula is C13H22F3NO3. The van der Waals surface area contributed by atoms with Gasteiger partial charge in [-0.2, -0.15) is 13.2 Å². The van der Waals surface area contributed by atoms with Gasteiger partial charge in [0.05, 0.1) is 6.42 Å². The highest BCUT2D eigenvalue weighted by Crippen LogP contribution is 2.21. The Bertz CT molecular complexity index is 322. The third-order valence-corrected chi connectivity index (χ3v) is 2.19. The Morgan fingerprint density at radius 1 is 1.05 bits per heavy atom. The molecule has 20 heavy (non-hydrogen) atoms. The minimum atomic E-state index is -4.15. The summed E-state index contributed by atoms with van der Waals surface area (Å²) in [7, 11) is 0. The maximum atomic E-state index is 11.8. The summed E-state index contributed by atoms with van der Waals surface area (Å²) in [6.45, 7) is 5.37. The molecule has 0 fully saturated rings. The first-order valence-corrected chi connectivity index (χ1v) is 6.55. The lowest BCUT2D eigenvalue weighted by atomic mass is 10.2. The van der Waals surface area contributed by atoms with E-state index in [1.54, 1.807) is 20.8 Å². The summed E-state index contributed by atoms with van der Waals surface area (Å²) in [6, 6.07) is 0. The van der Waals surface area contributed by atoms with Crippen LogP contribution < -0.4 is 5.32 Å². The van der Waals surface area contributed by atoms with E-state index in [1.807, 2.05) is 0 Å². The number of amides is 1. The monoisotopic (exact) mass is 297 g/mol. The van der Waals surface area contributed by atoms with E-state index in [9.17, 15) is 22.8 Å². The van der Waals surface area contributed by atoms with Crippen molar-refractivity contribution in [3.05, 3.63) is 0 Å². The summed E-state index contributed by atoms with van der Waals surface area (Å²) >= 11 is 0. The van der Waals surface area contributed by atoms with E-state index in [4.69, 9.17) is 4.74 Å². The first-order chi connectivity index (χ1) is 8.99. The molecule has 0 bridgehead atoms. The molecule has 0 saturated heterocycles. The Hall–Kier alpha value is -1.27. The van der Waals surface area contributed by atoms with Gasteiger partial charge >= 0.3 is 12.1 Å². The van der Waals surface area contributed by atoms with Crippen LogP contribution in [0.3, 0.4) is 0 Å². The van der Waals surface area contributed by atoms with Crippen LogP contribution in [0.4, 0.5) is 13.2 Å². The van der Waals surface area contributed by atoms with E-state index < -0.39 is 24.2 Å². The van der Waals surface area contributed by atoms with Gasteiger partial charge in [-0.25, -0.2) is 0 Å². The summed E-state index contributed by atoms with van der Waals surface area (Å²) in [5.41, 5.74) is -0.592. The van der Waals surface area contributed by atoms with Gasteiger partial charge in [-0.05, 0) is 33.6 Å². The largest absolute Gasteiger partial charge is 0.460 e. The number of alkyl halides is 3. The Morgan fingerprint density at radius 2 is 1.65 bits per heavy atom. The van der Waals surface area contributed by atoms with Gasteiger partial charge < -0.3 is 10.1 Å². The minimum absolute atomic E-state index is 0.0180. The lowest BCUT2D eigenvalue weighted by Gasteiger charge is -2.19. The fraction of sp³-hybridized carbons (Fsp3) is 0.846. The van der Waals surface area contributed by atoms with Gasteiger partial charge in [-0.3, -0.25) is 9.59 Å². The first-order valence-electron chi connectivity index (χ1n) is 6.55. The number of unbranched alkanes of at least 4 members (excludes halogenated alkanes) is 1. The van der Waals surface area contributed by atoms with E-state index in [2.05, 4.69) is 5.32 Å². The number of hydrogen-bond donors (Lipinski definition) is 1. The van der Waals surface area contributed by atoms with Gasteiger partial charge in [-0.15, -0.1) is 0 Å². The van der Waals surface area contributed by atoms with Gasteiger partial charge in [0.1, 0.15) is 5.60 Å². The van der Waals surface area contributed by atoms with Crippen LogP contribution in [0.2, 0.25) is 0 Å². The summed E-state index contributed by atoms with van der Waals surface area (Å²) in [6.07, 6.45) is -4.81. The molecule has 118 valence electrons. The predicted octanol–water partition coefficient (Wildman–Crippen LogP) is 2.96. The van der Waals surface area contributed by atoms with Crippen LogP contribution in [0.25, 0.3) is 0 Å². The summed E-state index contributed by atoms with van der Waals surface area (Å²) in [5.74, 6) is -0.826. The van der Waals surface area contributed by atoms with Crippen LogP contribution in [0.1, 0.15) is 52.9 Å². The van der Waals surface area contributed by atoms with Crippen molar-refractivity contribution in [1.82, 2.24) is 5.32 Å². The number of halogens is 3. The van der Waals surface area contributed by atoms with E-state index in [0.29, 0.717) is 0 Å². The van der Waals surface area contributed by atoms with Crippen molar-refractivity contribution >= 4 is 11.9 Å². The third-order valence-electron chi connectivity index (χ3n) is 2.19. The lowest BCUT2D eigenvalue weighted by molar-refractivity contribution is -0.155. The fourth-order valence-corrected chi connectivity index (χ4v) is 1.37. The molecule has 0 aliphatic rings. The molecule has 4 nitrogen and oxygen atoms in total. The zero-order valence-corrected chi connectivity index (χ0v) is 12.1. The third kappa shape index (κ3) is 13.2. The van der Waals surface area contributed by atoms with E-state index in [0.717, 1.165) is 0 Å². The van der Waals surface area contributed by atoms with Crippen molar-refractivity contribution in [2.24, 2.45) is 0 Å². The highest BCUT2D eigenvalue weighted by molar-refractivity contribution is 5.81. The second-order valence-electron chi connectivity index (χ2n) is 5.51. The van der Waals surface area contributed by atoms with Gasteiger partial charge in [0.25, 0.3) is 0 Å². The van der Waals surface area contributed by atoms with Gasteiger partial charge in [0.2, 0.25) is 5.91 Å². The van der Waals surface area contributed by atoms with Crippen LogP contribution in [0.5, 0.6) is 0 Å². The molecule has 0 saturated carbocycles. The normalized spacial score (nSPS) is 12.1. The van der Waals surface area contributed by atoms with Crippen LogP contribution in [-0.4, -0.2) is 30.2 Å². The Kier molecular flexibility index (Phi) is 7.60. The fourth-order valence-electron chi connectivity index (χ4n) is 1.37. The number of ether oxygens (including phenoxy) is 1. The van der Waals surface area contributed by atoms with E-state index >= 15 is 0 Å². The topological polar surface area (TPSA) is 55.4 Å². The smallest absolute Gasteiger partial charge is 0.389 e. The molecule has 0 rings (SSSR count). The molecule has 0 spiro atoms. The zero-order chi connectivity index (χ0) is 15.8. The Labute approximate surface area is 117 Å². The quantitative estimate of drug-likeness (QED) is 0.580. The molecule has 0 aromatic rings. The average Bonchev–Trinajstić information content (AvgIpc) is 2.22. The molecule has 1 amide bonds. The second-order valence-corrected chi connectivity index (χ2v) is 5.51. The molecule has 0 aliphatic carbocycles. The number of carbonyl (C=O) groups is 2. The molecule has 0 atom stereocenters. The lowest BCUT2D eigenvalue weighted by Crippen LogP contribution is -2.27. The summed E-state index contributed by atoms with van der Waals surface area (Å²) in [5, 5.41) is 2.47. The maximum Gasteiger partial charge on any atom is 0.389 e. The average molecular weight is 297 g/mol. The number of esters is 1. The summed E-state index contributed by atoms with van der Waals surface area (Å²) in [4.78, 5) is 22.7. The molecule has 0 aromatic heterocycles. The van der Waals surface area contributed by atoms with E-state index in [1.165, 1.54) is 0 Å². The SMILES string of the molecule is CC(C)(C)OC(=O)CCC(=O)NCCCCC(F)(F)F. The van der Waals surface area contributed by atoms with Crippen LogP contribution in [0, 0.1) is 0 Å². The molecule has 0 heterocycles. The van der Waals surface area contributed by atoms with Crippen LogP contribution >= 0.6 is 0 Å². The van der Waals surface area contributed by atoms with Crippen LogP contribution in [0.15, 0.2) is 0 Å². The number of rotatable bonds is 7.